The van der Waals surface area contributed by atoms with Crippen LogP contribution < -0.4 is 10.5 Å². The molecular weight excluding hydrogens is 340 g/mol. The number of hydrogen-bond acceptors (Lipinski definition) is 5. The van der Waals surface area contributed by atoms with E-state index in [-0.39, 0.29) is 6.04 Å². The predicted molar refractivity (Wildman–Crippen MR) is 93.4 cm³/mol. The van der Waals surface area contributed by atoms with Gasteiger partial charge < -0.3 is 4.90 Å². The molecule has 0 radical (unpaired) electrons. The molecule has 26 heavy (non-hydrogen) atoms. The lowest BCUT2D eigenvalue weighted by atomic mass is 10.1. The number of rotatable bonds is 4. The Bertz CT molecular complexity index is 976. The Morgan fingerprint density at radius 1 is 1.15 bits per heavy atom. The van der Waals surface area contributed by atoms with Crippen molar-refractivity contribution in [2.45, 2.75) is 31.9 Å². The maximum absolute atomic E-state index is 13.2. The van der Waals surface area contributed by atoms with Gasteiger partial charge in [0.2, 0.25) is 5.95 Å². The highest BCUT2D eigenvalue weighted by molar-refractivity contribution is 5.77. The zero-order chi connectivity index (χ0) is 18.1. The molecule has 0 amide bonds. The number of nitrogens with zero attached hydrogens (tertiary/aromatic N) is 5. The average molecular weight is 357 g/mol. The minimum atomic E-state index is -2.64. The van der Waals surface area contributed by atoms with Gasteiger partial charge in [-0.05, 0) is 31.0 Å². The lowest BCUT2D eigenvalue weighted by molar-refractivity contribution is 0.123. The van der Waals surface area contributed by atoms with Gasteiger partial charge in [-0.25, -0.2) is 23.7 Å². The quantitative estimate of drug-likeness (QED) is 0.718. The van der Waals surface area contributed by atoms with Crippen molar-refractivity contribution < 1.29 is 8.78 Å². The molecule has 8 heteroatoms. The van der Waals surface area contributed by atoms with Gasteiger partial charge in [0.15, 0.2) is 0 Å². The number of alkyl halides is 2. The summed E-state index contributed by atoms with van der Waals surface area (Å²) in [6.07, 6.45) is 2.18. The number of halogens is 2. The zero-order valence-corrected chi connectivity index (χ0v) is 13.9. The van der Waals surface area contributed by atoms with E-state index in [0.29, 0.717) is 35.6 Å². The van der Waals surface area contributed by atoms with Gasteiger partial charge in [-0.1, -0.05) is 12.1 Å². The first-order chi connectivity index (χ1) is 12.6. The van der Waals surface area contributed by atoms with E-state index < -0.39 is 18.5 Å². The van der Waals surface area contributed by atoms with E-state index in [0.717, 1.165) is 11.0 Å². The van der Waals surface area contributed by atoms with Crippen LogP contribution in [0.25, 0.3) is 10.9 Å². The maximum atomic E-state index is 13.2. The Labute approximate surface area is 148 Å². The molecule has 6 nitrogen and oxygen atoms in total. The predicted octanol–water partition coefficient (Wildman–Crippen LogP) is 2.79. The van der Waals surface area contributed by atoms with Gasteiger partial charge in [0.1, 0.15) is 5.82 Å². The molecule has 1 saturated heterocycles. The van der Waals surface area contributed by atoms with Crippen LogP contribution in [-0.4, -0.2) is 32.5 Å². The van der Waals surface area contributed by atoms with Crippen molar-refractivity contribution in [1.82, 2.24) is 19.5 Å². The van der Waals surface area contributed by atoms with E-state index in [1.54, 1.807) is 42.7 Å². The Hall–Kier alpha value is -2.90. The molecule has 0 N–H and O–H groups in total. The molecule has 0 aliphatic carbocycles. The zero-order valence-electron chi connectivity index (χ0n) is 13.9. The van der Waals surface area contributed by atoms with Crippen LogP contribution >= 0.6 is 0 Å². The number of para-hydroxylation sites is 1. The molecule has 134 valence electrons. The SMILES string of the molecule is O=c1c2ccccc2nc(C2CCCN2c2ncccn2)n1CC(F)F. The summed E-state index contributed by atoms with van der Waals surface area (Å²) in [6, 6.07) is 8.23. The summed E-state index contributed by atoms with van der Waals surface area (Å²) in [4.78, 5) is 27.9. The summed E-state index contributed by atoms with van der Waals surface area (Å²) in [5.41, 5.74) is 0.0746. The highest BCUT2D eigenvalue weighted by Crippen LogP contribution is 2.33. The molecule has 2 aromatic heterocycles. The average Bonchev–Trinajstić information content (AvgIpc) is 3.14. The fraction of sp³-hybridized carbons (Fsp3) is 0.333. The van der Waals surface area contributed by atoms with E-state index in [1.165, 1.54) is 0 Å². The van der Waals surface area contributed by atoms with E-state index >= 15 is 0 Å². The first kappa shape index (κ1) is 16.6. The molecule has 4 rings (SSSR count). The van der Waals surface area contributed by atoms with Crippen LogP contribution in [0.2, 0.25) is 0 Å². The monoisotopic (exact) mass is 357 g/mol. The van der Waals surface area contributed by atoms with E-state index in [9.17, 15) is 13.6 Å². The third-order valence-corrected chi connectivity index (χ3v) is 4.57. The van der Waals surface area contributed by atoms with Gasteiger partial charge in [0.25, 0.3) is 12.0 Å². The highest BCUT2D eigenvalue weighted by atomic mass is 19.3. The molecule has 1 unspecified atom stereocenters. The lowest BCUT2D eigenvalue weighted by Gasteiger charge is -2.26. The molecule has 1 aliphatic rings. The molecule has 0 bridgehead atoms. The first-order valence-electron chi connectivity index (χ1n) is 8.46. The smallest absolute Gasteiger partial charge is 0.261 e. The van der Waals surface area contributed by atoms with Crippen molar-refractivity contribution in [1.29, 1.82) is 0 Å². The van der Waals surface area contributed by atoms with Gasteiger partial charge >= 0.3 is 0 Å². The first-order valence-corrected chi connectivity index (χ1v) is 8.46. The third kappa shape index (κ3) is 2.91. The number of fused-ring (bicyclic) bond motifs is 1. The van der Waals surface area contributed by atoms with Gasteiger partial charge in [-0.2, -0.15) is 0 Å². The topological polar surface area (TPSA) is 63.9 Å². The van der Waals surface area contributed by atoms with Crippen molar-refractivity contribution in [3.05, 3.63) is 58.9 Å². The fourth-order valence-corrected chi connectivity index (χ4v) is 3.47. The second-order valence-corrected chi connectivity index (χ2v) is 6.19. The maximum Gasteiger partial charge on any atom is 0.261 e. The summed E-state index contributed by atoms with van der Waals surface area (Å²) in [5, 5.41) is 0.345. The minimum absolute atomic E-state index is 0.312. The van der Waals surface area contributed by atoms with Crippen LogP contribution in [0.3, 0.4) is 0 Å². The van der Waals surface area contributed by atoms with Crippen molar-refractivity contribution in [3.8, 4) is 0 Å². The Morgan fingerprint density at radius 3 is 2.69 bits per heavy atom. The van der Waals surface area contributed by atoms with Gasteiger partial charge in [-0.15, -0.1) is 0 Å². The molecule has 1 atom stereocenters. The van der Waals surface area contributed by atoms with Crippen LogP contribution in [0, 0.1) is 0 Å². The Kier molecular flexibility index (Phi) is 4.32. The van der Waals surface area contributed by atoms with Crippen molar-refractivity contribution in [2.75, 3.05) is 11.4 Å². The normalized spacial score (nSPS) is 17.3. The lowest BCUT2D eigenvalue weighted by Crippen LogP contribution is -2.34. The Balaban J connectivity index is 1.88. The van der Waals surface area contributed by atoms with Crippen LogP contribution in [0.1, 0.15) is 24.7 Å². The van der Waals surface area contributed by atoms with Crippen molar-refractivity contribution in [3.63, 3.8) is 0 Å². The Morgan fingerprint density at radius 2 is 1.92 bits per heavy atom. The van der Waals surface area contributed by atoms with Gasteiger partial charge in [0, 0.05) is 18.9 Å². The summed E-state index contributed by atoms with van der Waals surface area (Å²) >= 11 is 0. The number of hydrogen-bond donors (Lipinski definition) is 0. The van der Waals surface area contributed by atoms with Crippen LogP contribution in [0.5, 0.6) is 0 Å². The summed E-state index contributed by atoms with van der Waals surface area (Å²) in [7, 11) is 0. The van der Waals surface area contributed by atoms with Gasteiger partial charge in [-0.3, -0.25) is 9.36 Å². The molecule has 1 aliphatic heterocycles. The number of anilines is 1. The van der Waals surface area contributed by atoms with Gasteiger partial charge in [0.05, 0.1) is 23.5 Å². The molecule has 0 saturated carbocycles. The fourth-order valence-electron chi connectivity index (χ4n) is 3.47. The molecule has 1 aromatic carbocycles. The van der Waals surface area contributed by atoms with Crippen LogP contribution in [0.15, 0.2) is 47.5 Å². The van der Waals surface area contributed by atoms with E-state index in [1.807, 2.05) is 4.90 Å². The van der Waals surface area contributed by atoms with Crippen LogP contribution in [-0.2, 0) is 6.54 Å². The second kappa shape index (κ2) is 6.78. The number of benzene rings is 1. The highest BCUT2D eigenvalue weighted by Gasteiger charge is 2.32. The third-order valence-electron chi connectivity index (χ3n) is 4.57. The standard InChI is InChI=1S/C18H17F2N5O/c19-15(20)11-25-16(23-13-6-2-1-5-12(13)17(25)26)14-7-3-10-24(14)18-21-8-4-9-22-18/h1-2,4-6,8-9,14-15H,3,7,10-11H2. The molecule has 3 aromatic rings. The van der Waals surface area contributed by atoms with E-state index in [4.69, 9.17) is 0 Å². The molecule has 0 spiro atoms. The summed E-state index contributed by atoms with van der Waals surface area (Å²) in [5.74, 6) is 0.861. The summed E-state index contributed by atoms with van der Waals surface area (Å²) in [6.45, 7) is 0.0119. The second-order valence-electron chi connectivity index (χ2n) is 6.19. The number of aromatic nitrogens is 4. The van der Waals surface area contributed by atoms with Crippen molar-refractivity contribution >= 4 is 16.9 Å². The summed E-state index contributed by atoms with van der Waals surface area (Å²) < 4.78 is 27.4. The van der Waals surface area contributed by atoms with E-state index in [2.05, 4.69) is 15.0 Å². The molecule has 3 heterocycles. The minimum Gasteiger partial charge on any atom is -0.331 e. The molecule has 1 fully saturated rings. The molecular formula is C18H17F2N5O. The largest absolute Gasteiger partial charge is 0.331 e. The van der Waals surface area contributed by atoms with Crippen LogP contribution in [0.4, 0.5) is 14.7 Å². The van der Waals surface area contributed by atoms with Crippen molar-refractivity contribution in [2.24, 2.45) is 0 Å².